The summed E-state index contributed by atoms with van der Waals surface area (Å²) in [5.41, 5.74) is 0.867. The van der Waals surface area contributed by atoms with Crippen LogP contribution >= 0.6 is 11.3 Å². The topological polar surface area (TPSA) is 70.4 Å². The molecule has 24 heavy (non-hydrogen) atoms. The van der Waals surface area contributed by atoms with E-state index in [2.05, 4.69) is 11.9 Å². The van der Waals surface area contributed by atoms with Gasteiger partial charge in [0.05, 0.1) is 24.7 Å². The standard InChI is InChI=1S/C17H24N2O4S/c1-4-5-8-22-9-10-23-14(20)6-7-19-11-18-16-15(17(19)21)12(2)13(3)24-16/h11H,4-10H2,1-3H3. The molecular weight excluding hydrogens is 328 g/mol. The molecule has 2 aromatic heterocycles. The lowest BCUT2D eigenvalue weighted by Gasteiger charge is -2.07. The van der Waals surface area contributed by atoms with Gasteiger partial charge in [0.25, 0.3) is 5.56 Å². The Hall–Kier alpha value is -1.73. The Morgan fingerprint density at radius 2 is 2.08 bits per heavy atom. The maximum Gasteiger partial charge on any atom is 0.307 e. The van der Waals surface area contributed by atoms with Gasteiger partial charge >= 0.3 is 5.97 Å². The smallest absolute Gasteiger partial charge is 0.307 e. The van der Waals surface area contributed by atoms with E-state index in [1.165, 1.54) is 22.2 Å². The molecule has 0 aromatic carbocycles. The molecule has 0 aliphatic heterocycles. The lowest BCUT2D eigenvalue weighted by molar-refractivity contribution is -0.145. The van der Waals surface area contributed by atoms with Crippen LogP contribution in [0.15, 0.2) is 11.1 Å². The Balaban J connectivity index is 1.85. The summed E-state index contributed by atoms with van der Waals surface area (Å²) < 4.78 is 11.9. The molecule has 0 saturated carbocycles. The molecule has 0 aliphatic carbocycles. The predicted octanol–water partition coefficient (Wildman–Crippen LogP) is 2.82. The fourth-order valence-corrected chi connectivity index (χ4v) is 3.26. The van der Waals surface area contributed by atoms with Crippen molar-refractivity contribution < 1.29 is 14.3 Å². The van der Waals surface area contributed by atoms with E-state index in [4.69, 9.17) is 9.47 Å². The number of hydrogen-bond donors (Lipinski definition) is 0. The van der Waals surface area contributed by atoms with E-state index < -0.39 is 0 Å². The molecule has 2 heterocycles. The molecule has 6 nitrogen and oxygen atoms in total. The van der Waals surface area contributed by atoms with E-state index in [9.17, 15) is 9.59 Å². The number of hydrogen-bond acceptors (Lipinski definition) is 6. The second kappa shape index (κ2) is 8.94. The number of carbonyl (C=O) groups excluding carboxylic acids is 1. The Morgan fingerprint density at radius 3 is 2.83 bits per heavy atom. The first-order chi connectivity index (χ1) is 11.5. The van der Waals surface area contributed by atoms with E-state index in [0.29, 0.717) is 18.6 Å². The molecule has 0 fully saturated rings. The second-order valence-electron chi connectivity index (χ2n) is 5.64. The molecule has 0 amide bonds. The van der Waals surface area contributed by atoms with Crippen LogP contribution in [0, 0.1) is 13.8 Å². The van der Waals surface area contributed by atoms with Gasteiger partial charge < -0.3 is 9.47 Å². The van der Waals surface area contributed by atoms with Gasteiger partial charge in [0.1, 0.15) is 11.4 Å². The lowest BCUT2D eigenvalue weighted by Crippen LogP contribution is -2.22. The first-order valence-corrected chi connectivity index (χ1v) is 9.04. The van der Waals surface area contributed by atoms with Crippen molar-refractivity contribution in [2.24, 2.45) is 0 Å². The maximum absolute atomic E-state index is 12.5. The van der Waals surface area contributed by atoms with Gasteiger partial charge in [-0.2, -0.15) is 0 Å². The Bertz CT molecular complexity index is 751. The van der Waals surface area contributed by atoms with Gasteiger partial charge in [0.15, 0.2) is 0 Å². The fraction of sp³-hybridized carbons (Fsp3) is 0.588. The van der Waals surface area contributed by atoms with Gasteiger partial charge in [-0.1, -0.05) is 13.3 Å². The quantitative estimate of drug-likeness (QED) is 0.513. The zero-order chi connectivity index (χ0) is 17.5. The zero-order valence-electron chi connectivity index (χ0n) is 14.5. The van der Waals surface area contributed by atoms with Crippen molar-refractivity contribution in [3.8, 4) is 0 Å². The minimum absolute atomic E-state index is 0.0995. The molecule has 0 spiro atoms. The summed E-state index contributed by atoms with van der Waals surface area (Å²) in [4.78, 5) is 30.4. The van der Waals surface area contributed by atoms with Gasteiger partial charge in [0.2, 0.25) is 0 Å². The normalized spacial score (nSPS) is 11.1. The van der Waals surface area contributed by atoms with Crippen molar-refractivity contribution in [2.45, 2.75) is 46.6 Å². The average Bonchev–Trinajstić information content (AvgIpc) is 2.85. The maximum atomic E-state index is 12.5. The molecule has 0 atom stereocenters. The van der Waals surface area contributed by atoms with Crippen molar-refractivity contribution in [2.75, 3.05) is 19.8 Å². The van der Waals surface area contributed by atoms with Crippen LogP contribution in [0.1, 0.15) is 36.6 Å². The summed E-state index contributed by atoms with van der Waals surface area (Å²) in [5.74, 6) is -0.334. The summed E-state index contributed by atoms with van der Waals surface area (Å²) in [7, 11) is 0. The molecule has 2 aromatic rings. The Morgan fingerprint density at radius 1 is 1.29 bits per heavy atom. The highest BCUT2D eigenvalue weighted by atomic mass is 32.1. The number of nitrogens with zero attached hydrogens (tertiary/aromatic N) is 2. The number of thiophene rings is 1. The van der Waals surface area contributed by atoms with Crippen molar-refractivity contribution in [3.63, 3.8) is 0 Å². The largest absolute Gasteiger partial charge is 0.463 e. The van der Waals surface area contributed by atoms with Crippen LogP contribution in [-0.2, 0) is 20.8 Å². The Labute approximate surface area is 145 Å². The number of fused-ring (bicyclic) bond motifs is 1. The van der Waals surface area contributed by atoms with Gasteiger partial charge in [-0.25, -0.2) is 4.98 Å². The molecule has 0 bridgehead atoms. The summed E-state index contributed by atoms with van der Waals surface area (Å²) in [6, 6.07) is 0. The molecule has 0 N–H and O–H groups in total. The zero-order valence-corrected chi connectivity index (χ0v) is 15.3. The first-order valence-electron chi connectivity index (χ1n) is 8.23. The molecule has 132 valence electrons. The van der Waals surface area contributed by atoms with Gasteiger partial charge in [0, 0.05) is 18.0 Å². The second-order valence-corrected chi connectivity index (χ2v) is 6.85. The third kappa shape index (κ3) is 4.64. The summed E-state index contributed by atoms with van der Waals surface area (Å²) >= 11 is 1.52. The Kier molecular flexibility index (Phi) is 6.93. The van der Waals surface area contributed by atoms with Crippen LogP contribution in [0.5, 0.6) is 0 Å². The molecule has 0 aliphatic rings. The fourth-order valence-electron chi connectivity index (χ4n) is 2.28. The van der Waals surface area contributed by atoms with Crippen molar-refractivity contribution in [1.82, 2.24) is 9.55 Å². The average molecular weight is 352 g/mol. The number of carbonyl (C=O) groups is 1. The molecule has 2 rings (SSSR count). The monoisotopic (exact) mass is 352 g/mol. The van der Waals surface area contributed by atoms with Gasteiger partial charge in [-0.05, 0) is 25.8 Å². The summed E-state index contributed by atoms with van der Waals surface area (Å²) in [6.45, 7) is 7.61. The van der Waals surface area contributed by atoms with Crippen molar-refractivity contribution in [3.05, 3.63) is 27.1 Å². The van der Waals surface area contributed by atoms with Crippen LogP contribution in [0.2, 0.25) is 0 Å². The van der Waals surface area contributed by atoms with E-state index >= 15 is 0 Å². The highest BCUT2D eigenvalue weighted by molar-refractivity contribution is 7.18. The highest BCUT2D eigenvalue weighted by Gasteiger charge is 2.13. The summed E-state index contributed by atoms with van der Waals surface area (Å²) in [6.07, 6.45) is 3.73. The number of aromatic nitrogens is 2. The van der Waals surface area contributed by atoms with E-state index in [1.807, 2.05) is 13.8 Å². The lowest BCUT2D eigenvalue weighted by atomic mass is 10.2. The van der Waals surface area contributed by atoms with Crippen LogP contribution < -0.4 is 5.56 Å². The van der Waals surface area contributed by atoms with E-state index in [1.54, 1.807) is 0 Å². The number of ether oxygens (including phenoxy) is 2. The van der Waals surface area contributed by atoms with Crippen LogP contribution in [0.4, 0.5) is 0 Å². The molecule has 0 unspecified atom stereocenters. The highest BCUT2D eigenvalue weighted by Crippen LogP contribution is 2.25. The first kappa shape index (κ1) is 18.6. The SMILES string of the molecule is CCCCOCCOC(=O)CCn1cnc2sc(C)c(C)c2c1=O. The number of rotatable bonds is 9. The van der Waals surface area contributed by atoms with Gasteiger partial charge in [-0.15, -0.1) is 11.3 Å². The minimum Gasteiger partial charge on any atom is -0.463 e. The van der Waals surface area contributed by atoms with Crippen LogP contribution in [0.25, 0.3) is 10.2 Å². The third-order valence-corrected chi connectivity index (χ3v) is 4.96. The number of aryl methyl sites for hydroxylation is 3. The van der Waals surface area contributed by atoms with Crippen LogP contribution in [-0.4, -0.2) is 35.3 Å². The van der Waals surface area contributed by atoms with Crippen molar-refractivity contribution in [1.29, 1.82) is 0 Å². The van der Waals surface area contributed by atoms with Crippen molar-refractivity contribution >= 4 is 27.5 Å². The van der Waals surface area contributed by atoms with E-state index in [-0.39, 0.29) is 31.1 Å². The third-order valence-electron chi connectivity index (χ3n) is 3.85. The summed E-state index contributed by atoms with van der Waals surface area (Å²) in [5, 5.41) is 0.651. The number of esters is 1. The molecule has 7 heteroatoms. The molecule has 0 radical (unpaired) electrons. The molecular formula is C17H24N2O4S. The van der Waals surface area contributed by atoms with E-state index in [0.717, 1.165) is 28.1 Å². The minimum atomic E-state index is -0.334. The molecule has 0 saturated heterocycles. The van der Waals surface area contributed by atoms with Gasteiger partial charge in [-0.3, -0.25) is 14.2 Å². The van der Waals surface area contributed by atoms with Crippen LogP contribution in [0.3, 0.4) is 0 Å². The predicted molar refractivity (Wildman–Crippen MR) is 94.7 cm³/mol. The number of unbranched alkanes of at least 4 members (excludes halogenated alkanes) is 1.